The van der Waals surface area contributed by atoms with Crippen molar-refractivity contribution >= 4 is 0 Å². The van der Waals surface area contributed by atoms with Gasteiger partial charge >= 0.3 is 0 Å². The number of nitrogens with one attached hydrogen (secondary N) is 1. The van der Waals surface area contributed by atoms with Gasteiger partial charge in [-0.3, -0.25) is 0 Å². The van der Waals surface area contributed by atoms with Gasteiger partial charge in [-0.15, -0.1) is 0 Å². The summed E-state index contributed by atoms with van der Waals surface area (Å²) in [6.07, 6.45) is 2.91. The number of methoxy groups -OCH3 is 1. The van der Waals surface area contributed by atoms with Gasteiger partial charge in [0.25, 0.3) is 0 Å². The van der Waals surface area contributed by atoms with E-state index in [-0.39, 0.29) is 0 Å². The van der Waals surface area contributed by atoms with Crippen molar-refractivity contribution in [3.05, 3.63) is 83.6 Å². The van der Waals surface area contributed by atoms with Crippen LogP contribution in [0.1, 0.15) is 23.6 Å². The second-order valence-corrected chi connectivity index (χ2v) is 5.98. The van der Waals surface area contributed by atoms with Crippen molar-refractivity contribution in [2.45, 2.75) is 26.4 Å². The Labute approximate surface area is 149 Å². The predicted molar refractivity (Wildman–Crippen MR) is 103 cm³/mol. The molecule has 0 aliphatic carbocycles. The van der Waals surface area contributed by atoms with E-state index in [0.717, 1.165) is 36.2 Å². The van der Waals surface area contributed by atoms with Crippen LogP contribution in [0, 0.1) is 0 Å². The number of ether oxygens (including phenoxy) is 1. The van der Waals surface area contributed by atoms with E-state index in [1.807, 2.05) is 24.4 Å². The lowest BCUT2D eigenvalue weighted by atomic mass is 10.0. The monoisotopic (exact) mass is 332 g/mol. The first-order valence-electron chi connectivity index (χ1n) is 8.67. The van der Waals surface area contributed by atoms with Crippen molar-refractivity contribution in [3.8, 4) is 17.0 Å². The molecule has 0 bridgehead atoms. The van der Waals surface area contributed by atoms with Gasteiger partial charge in [-0.2, -0.15) is 0 Å². The van der Waals surface area contributed by atoms with Gasteiger partial charge in [0.1, 0.15) is 0 Å². The standard InChI is InChI=1S/C22H24N2O/c1-3-17-9-7-8-12-19(17)14-23-15-21-13-20(16-24-22(21)25-2)18-10-5-4-6-11-18/h4-13,16,23H,3,14-15H2,1-2H3. The van der Waals surface area contributed by atoms with E-state index in [1.54, 1.807) is 7.11 Å². The van der Waals surface area contributed by atoms with Crippen LogP contribution in [0.5, 0.6) is 5.88 Å². The minimum absolute atomic E-state index is 0.677. The van der Waals surface area contributed by atoms with Crippen molar-refractivity contribution in [1.82, 2.24) is 10.3 Å². The van der Waals surface area contributed by atoms with Gasteiger partial charge < -0.3 is 10.1 Å². The predicted octanol–water partition coefficient (Wildman–Crippen LogP) is 4.61. The Kier molecular flexibility index (Phi) is 5.81. The maximum Gasteiger partial charge on any atom is 0.217 e. The molecule has 1 aromatic heterocycles. The number of rotatable bonds is 7. The van der Waals surface area contributed by atoms with Crippen LogP contribution in [0.25, 0.3) is 11.1 Å². The number of benzene rings is 2. The fraction of sp³-hybridized carbons (Fsp3) is 0.227. The molecule has 0 saturated carbocycles. The normalized spacial score (nSPS) is 10.6. The van der Waals surface area contributed by atoms with Crippen molar-refractivity contribution in [2.75, 3.05) is 7.11 Å². The van der Waals surface area contributed by atoms with Crippen LogP contribution in [0.15, 0.2) is 66.9 Å². The van der Waals surface area contributed by atoms with Crippen LogP contribution in [0.3, 0.4) is 0 Å². The van der Waals surface area contributed by atoms with E-state index in [9.17, 15) is 0 Å². The van der Waals surface area contributed by atoms with Crippen LogP contribution in [-0.2, 0) is 19.5 Å². The number of pyridine rings is 1. The van der Waals surface area contributed by atoms with Gasteiger partial charge in [0.05, 0.1) is 7.11 Å². The highest BCUT2D eigenvalue weighted by Crippen LogP contribution is 2.24. The highest BCUT2D eigenvalue weighted by Gasteiger charge is 2.08. The number of aromatic nitrogens is 1. The molecule has 0 amide bonds. The Bertz CT molecular complexity index is 815. The van der Waals surface area contributed by atoms with E-state index in [1.165, 1.54) is 11.1 Å². The van der Waals surface area contributed by atoms with Crippen molar-refractivity contribution in [3.63, 3.8) is 0 Å². The summed E-state index contributed by atoms with van der Waals surface area (Å²) in [5.41, 5.74) is 6.06. The average Bonchev–Trinajstić information content (AvgIpc) is 2.69. The quantitative estimate of drug-likeness (QED) is 0.686. The highest BCUT2D eigenvalue weighted by atomic mass is 16.5. The summed E-state index contributed by atoms with van der Waals surface area (Å²) in [6, 6.07) is 21.0. The summed E-state index contributed by atoms with van der Waals surface area (Å²) in [7, 11) is 1.67. The number of hydrogen-bond acceptors (Lipinski definition) is 3. The van der Waals surface area contributed by atoms with Crippen LogP contribution in [-0.4, -0.2) is 12.1 Å². The zero-order valence-corrected chi connectivity index (χ0v) is 14.8. The van der Waals surface area contributed by atoms with Gasteiger partial charge in [-0.1, -0.05) is 61.5 Å². The SMILES string of the molecule is CCc1ccccc1CNCc1cc(-c2ccccc2)cnc1OC. The van der Waals surface area contributed by atoms with Crippen LogP contribution in [0.4, 0.5) is 0 Å². The minimum Gasteiger partial charge on any atom is -0.481 e. The molecule has 0 aliphatic heterocycles. The Hall–Kier alpha value is -2.65. The average molecular weight is 332 g/mol. The molecule has 0 spiro atoms. The van der Waals surface area contributed by atoms with Gasteiger partial charge in [0.2, 0.25) is 5.88 Å². The molecule has 3 rings (SSSR count). The molecule has 2 aromatic carbocycles. The molecule has 3 heteroatoms. The maximum absolute atomic E-state index is 5.43. The summed E-state index contributed by atoms with van der Waals surface area (Å²) < 4.78 is 5.43. The molecule has 1 N–H and O–H groups in total. The first-order valence-corrected chi connectivity index (χ1v) is 8.67. The lowest BCUT2D eigenvalue weighted by Crippen LogP contribution is -2.15. The number of hydrogen-bond donors (Lipinski definition) is 1. The summed E-state index contributed by atoms with van der Waals surface area (Å²) in [5, 5.41) is 3.53. The first-order chi connectivity index (χ1) is 12.3. The molecule has 25 heavy (non-hydrogen) atoms. The van der Waals surface area contributed by atoms with Gasteiger partial charge in [0, 0.05) is 30.4 Å². The molecule has 1 heterocycles. The molecule has 3 nitrogen and oxygen atoms in total. The second-order valence-electron chi connectivity index (χ2n) is 5.98. The summed E-state index contributed by atoms with van der Waals surface area (Å²) in [5.74, 6) is 0.677. The van der Waals surface area contributed by atoms with E-state index >= 15 is 0 Å². The second kappa shape index (κ2) is 8.45. The minimum atomic E-state index is 0.677. The molecule has 3 aromatic rings. The fourth-order valence-corrected chi connectivity index (χ4v) is 3.00. The molecule has 0 fully saturated rings. The summed E-state index contributed by atoms with van der Waals surface area (Å²) in [6.45, 7) is 3.74. The summed E-state index contributed by atoms with van der Waals surface area (Å²) in [4.78, 5) is 4.47. The Morgan fingerprint density at radius 3 is 2.24 bits per heavy atom. The van der Waals surface area contributed by atoms with Crippen molar-refractivity contribution in [1.29, 1.82) is 0 Å². The zero-order valence-electron chi connectivity index (χ0n) is 14.8. The van der Waals surface area contributed by atoms with Crippen molar-refractivity contribution in [2.24, 2.45) is 0 Å². The van der Waals surface area contributed by atoms with Crippen LogP contribution >= 0.6 is 0 Å². The largest absolute Gasteiger partial charge is 0.481 e. The molecular weight excluding hydrogens is 308 g/mol. The molecule has 0 radical (unpaired) electrons. The number of nitrogens with zero attached hydrogens (tertiary/aromatic N) is 1. The maximum atomic E-state index is 5.43. The first kappa shape index (κ1) is 17.2. The smallest absolute Gasteiger partial charge is 0.217 e. The van der Waals surface area contributed by atoms with Crippen LogP contribution < -0.4 is 10.1 Å². The molecule has 0 saturated heterocycles. The fourth-order valence-electron chi connectivity index (χ4n) is 3.00. The van der Waals surface area contributed by atoms with E-state index < -0.39 is 0 Å². The highest BCUT2D eigenvalue weighted by molar-refractivity contribution is 5.63. The molecule has 0 unspecified atom stereocenters. The third-order valence-electron chi connectivity index (χ3n) is 4.36. The Balaban J connectivity index is 1.75. The van der Waals surface area contributed by atoms with Gasteiger partial charge in [-0.25, -0.2) is 4.98 Å². The molecule has 0 aliphatic rings. The van der Waals surface area contributed by atoms with Crippen LogP contribution in [0.2, 0.25) is 0 Å². The van der Waals surface area contributed by atoms with Gasteiger partial charge in [0.15, 0.2) is 0 Å². The summed E-state index contributed by atoms with van der Waals surface area (Å²) >= 11 is 0. The molecular formula is C22H24N2O. The van der Waals surface area contributed by atoms with E-state index in [4.69, 9.17) is 4.74 Å². The van der Waals surface area contributed by atoms with E-state index in [2.05, 4.69) is 59.7 Å². The molecule has 0 atom stereocenters. The van der Waals surface area contributed by atoms with E-state index in [0.29, 0.717) is 5.88 Å². The molecule has 128 valence electrons. The Morgan fingerprint density at radius 2 is 1.52 bits per heavy atom. The third kappa shape index (κ3) is 4.25. The zero-order chi connectivity index (χ0) is 17.5. The van der Waals surface area contributed by atoms with Crippen molar-refractivity contribution < 1.29 is 4.74 Å². The lowest BCUT2D eigenvalue weighted by molar-refractivity contribution is 0.390. The number of aryl methyl sites for hydroxylation is 1. The third-order valence-corrected chi connectivity index (χ3v) is 4.36. The lowest BCUT2D eigenvalue weighted by Gasteiger charge is -2.12. The topological polar surface area (TPSA) is 34.2 Å². The van der Waals surface area contributed by atoms with Gasteiger partial charge in [-0.05, 0) is 29.2 Å². The Morgan fingerprint density at radius 1 is 0.840 bits per heavy atom.